The zero-order chi connectivity index (χ0) is 16.5. The third kappa shape index (κ3) is 5.04. The number of nitrogens with one attached hydrogen (secondary N) is 1. The molecule has 2 rings (SSSR count). The van der Waals surface area contributed by atoms with Gasteiger partial charge >= 0.3 is 0 Å². The zero-order valence-electron chi connectivity index (χ0n) is 12.9. The second kappa shape index (κ2) is 8.44. The number of amides is 1. The van der Waals surface area contributed by atoms with Crippen LogP contribution in [-0.2, 0) is 17.9 Å². The van der Waals surface area contributed by atoms with E-state index in [1.165, 1.54) is 0 Å². The van der Waals surface area contributed by atoms with Crippen molar-refractivity contribution in [1.82, 2.24) is 5.32 Å². The molecule has 0 aliphatic carbocycles. The standard InChI is InChI=1S/C18H18N2O3/c1-22-16-8-7-15(12-20-18(21)9-10-19)11-17(16)23-13-14-5-3-2-4-6-14/h2-8,11H,9,12-13H2,1H3,(H,20,21). The van der Waals surface area contributed by atoms with E-state index >= 15 is 0 Å². The predicted molar refractivity (Wildman–Crippen MR) is 85.8 cm³/mol. The fourth-order valence-corrected chi connectivity index (χ4v) is 2.01. The van der Waals surface area contributed by atoms with E-state index in [1.807, 2.05) is 48.5 Å². The molecule has 0 aliphatic heterocycles. The molecule has 1 N–H and O–H groups in total. The quantitative estimate of drug-likeness (QED) is 0.853. The van der Waals surface area contributed by atoms with Gasteiger partial charge in [-0.05, 0) is 23.3 Å². The molecule has 5 nitrogen and oxygen atoms in total. The van der Waals surface area contributed by atoms with Crippen molar-refractivity contribution in [2.24, 2.45) is 0 Å². The summed E-state index contributed by atoms with van der Waals surface area (Å²) in [5.74, 6) is 0.950. The third-order valence-corrected chi connectivity index (χ3v) is 3.19. The number of hydrogen-bond donors (Lipinski definition) is 1. The van der Waals surface area contributed by atoms with Crippen molar-refractivity contribution >= 4 is 5.91 Å². The molecule has 0 radical (unpaired) electrons. The number of carbonyl (C=O) groups excluding carboxylic acids is 1. The second-order valence-corrected chi connectivity index (χ2v) is 4.87. The molecule has 0 aromatic heterocycles. The average Bonchev–Trinajstić information content (AvgIpc) is 2.59. The van der Waals surface area contributed by atoms with Crippen LogP contribution in [0.3, 0.4) is 0 Å². The lowest BCUT2D eigenvalue weighted by molar-refractivity contribution is -0.120. The molecule has 1 amide bonds. The first-order valence-corrected chi connectivity index (χ1v) is 7.20. The summed E-state index contributed by atoms with van der Waals surface area (Å²) in [5, 5.41) is 11.2. The van der Waals surface area contributed by atoms with Gasteiger partial charge in [-0.15, -0.1) is 0 Å². The number of nitriles is 1. The van der Waals surface area contributed by atoms with E-state index in [0.29, 0.717) is 24.7 Å². The summed E-state index contributed by atoms with van der Waals surface area (Å²) in [4.78, 5) is 11.3. The highest BCUT2D eigenvalue weighted by atomic mass is 16.5. The lowest BCUT2D eigenvalue weighted by Crippen LogP contribution is -2.21. The molecular weight excluding hydrogens is 292 g/mol. The molecule has 0 atom stereocenters. The van der Waals surface area contributed by atoms with Crippen molar-refractivity contribution < 1.29 is 14.3 Å². The second-order valence-electron chi connectivity index (χ2n) is 4.87. The van der Waals surface area contributed by atoms with Gasteiger partial charge in [-0.2, -0.15) is 5.26 Å². The van der Waals surface area contributed by atoms with E-state index in [-0.39, 0.29) is 12.3 Å². The van der Waals surface area contributed by atoms with E-state index in [4.69, 9.17) is 14.7 Å². The number of rotatable bonds is 7. The Labute approximate surface area is 135 Å². The topological polar surface area (TPSA) is 71.3 Å². The summed E-state index contributed by atoms with van der Waals surface area (Å²) in [6.45, 7) is 0.771. The van der Waals surface area contributed by atoms with Gasteiger partial charge in [-0.25, -0.2) is 0 Å². The minimum absolute atomic E-state index is 0.145. The molecule has 0 saturated heterocycles. The zero-order valence-corrected chi connectivity index (χ0v) is 12.9. The Hall–Kier alpha value is -3.00. The first-order valence-electron chi connectivity index (χ1n) is 7.20. The third-order valence-electron chi connectivity index (χ3n) is 3.19. The SMILES string of the molecule is COc1ccc(CNC(=O)CC#N)cc1OCc1ccccc1. The van der Waals surface area contributed by atoms with Crippen LogP contribution in [0, 0.1) is 11.3 Å². The molecule has 118 valence electrons. The van der Waals surface area contributed by atoms with Gasteiger partial charge in [0.2, 0.25) is 5.91 Å². The van der Waals surface area contributed by atoms with Gasteiger partial charge in [0, 0.05) is 6.54 Å². The van der Waals surface area contributed by atoms with Crippen molar-refractivity contribution in [2.75, 3.05) is 7.11 Å². The van der Waals surface area contributed by atoms with Crippen LogP contribution in [0.15, 0.2) is 48.5 Å². The Morgan fingerprint density at radius 3 is 2.61 bits per heavy atom. The molecule has 0 unspecified atom stereocenters. The predicted octanol–water partition coefficient (Wildman–Crippen LogP) is 2.80. The summed E-state index contributed by atoms with van der Waals surface area (Å²) in [6.07, 6.45) is -0.145. The Morgan fingerprint density at radius 1 is 1.13 bits per heavy atom. The number of methoxy groups -OCH3 is 1. The Morgan fingerprint density at radius 2 is 1.91 bits per heavy atom. The van der Waals surface area contributed by atoms with Crippen LogP contribution < -0.4 is 14.8 Å². The summed E-state index contributed by atoms with van der Waals surface area (Å²) in [5.41, 5.74) is 1.93. The highest BCUT2D eigenvalue weighted by Gasteiger charge is 2.07. The molecule has 0 aliphatic rings. The number of hydrogen-bond acceptors (Lipinski definition) is 4. The summed E-state index contributed by atoms with van der Waals surface area (Å²) in [6, 6.07) is 17.1. The van der Waals surface area contributed by atoms with Crippen molar-refractivity contribution in [2.45, 2.75) is 19.6 Å². The Bertz CT molecular complexity index is 693. The van der Waals surface area contributed by atoms with Gasteiger partial charge in [0.15, 0.2) is 11.5 Å². The molecular formula is C18H18N2O3. The Balaban J connectivity index is 2.03. The lowest BCUT2D eigenvalue weighted by atomic mass is 10.2. The Kier molecular flexibility index (Phi) is 6.01. The molecule has 0 saturated carbocycles. The van der Waals surface area contributed by atoms with Crippen molar-refractivity contribution in [1.29, 1.82) is 5.26 Å². The van der Waals surface area contributed by atoms with Gasteiger partial charge in [0.25, 0.3) is 0 Å². The van der Waals surface area contributed by atoms with Gasteiger partial charge in [0.05, 0.1) is 13.2 Å². The van der Waals surface area contributed by atoms with Crippen LogP contribution in [0.5, 0.6) is 11.5 Å². The molecule has 2 aromatic carbocycles. The number of ether oxygens (including phenoxy) is 2. The summed E-state index contributed by atoms with van der Waals surface area (Å²) >= 11 is 0. The van der Waals surface area contributed by atoms with Gasteiger partial charge in [-0.3, -0.25) is 4.79 Å². The van der Waals surface area contributed by atoms with Gasteiger partial charge < -0.3 is 14.8 Å². The van der Waals surface area contributed by atoms with Crippen LogP contribution in [0.1, 0.15) is 17.5 Å². The first kappa shape index (κ1) is 16.4. The molecule has 0 fully saturated rings. The van der Waals surface area contributed by atoms with Crippen LogP contribution in [0.4, 0.5) is 0 Å². The molecule has 5 heteroatoms. The van der Waals surface area contributed by atoms with E-state index in [2.05, 4.69) is 5.32 Å². The smallest absolute Gasteiger partial charge is 0.234 e. The van der Waals surface area contributed by atoms with E-state index < -0.39 is 0 Å². The fourth-order valence-electron chi connectivity index (χ4n) is 2.01. The first-order chi connectivity index (χ1) is 11.2. The number of carbonyl (C=O) groups is 1. The fraction of sp³-hybridized carbons (Fsp3) is 0.222. The van der Waals surface area contributed by atoms with E-state index in [9.17, 15) is 4.79 Å². The van der Waals surface area contributed by atoms with Gasteiger partial charge in [0.1, 0.15) is 13.0 Å². The minimum Gasteiger partial charge on any atom is -0.493 e. The lowest BCUT2D eigenvalue weighted by Gasteiger charge is -2.13. The monoisotopic (exact) mass is 310 g/mol. The maximum Gasteiger partial charge on any atom is 0.234 e. The average molecular weight is 310 g/mol. The highest BCUT2D eigenvalue weighted by Crippen LogP contribution is 2.28. The van der Waals surface area contributed by atoms with E-state index in [1.54, 1.807) is 13.2 Å². The summed E-state index contributed by atoms with van der Waals surface area (Å²) in [7, 11) is 1.58. The number of benzene rings is 2. The van der Waals surface area contributed by atoms with Crippen LogP contribution in [0.2, 0.25) is 0 Å². The molecule has 2 aromatic rings. The maximum atomic E-state index is 11.3. The normalized spacial score (nSPS) is 9.74. The number of nitrogens with zero attached hydrogens (tertiary/aromatic N) is 1. The van der Waals surface area contributed by atoms with Crippen molar-refractivity contribution in [3.63, 3.8) is 0 Å². The molecule has 23 heavy (non-hydrogen) atoms. The molecule has 0 heterocycles. The van der Waals surface area contributed by atoms with E-state index in [0.717, 1.165) is 11.1 Å². The minimum atomic E-state index is -0.296. The highest BCUT2D eigenvalue weighted by molar-refractivity contribution is 5.77. The summed E-state index contributed by atoms with van der Waals surface area (Å²) < 4.78 is 11.1. The largest absolute Gasteiger partial charge is 0.493 e. The van der Waals surface area contributed by atoms with Crippen molar-refractivity contribution in [3.05, 3.63) is 59.7 Å². The van der Waals surface area contributed by atoms with Crippen LogP contribution in [-0.4, -0.2) is 13.0 Å². The molecule has 0 bridgehead atoms. The van der Waals surface area contributed by atoms with Crippen molar-refractivity contribution in [3.8, 4) is 17.6 Å². The van der Waals surface area contributed by atoms with Crippen LogP contribution >= 0.6 is 0 Å². The maximum absolute atomic E-state index is 11.3. The van der Waals surface area contributed by atoms with Crippen LogP contribution in [0.25, 0.3) is 0 Å². The van der Waals surface area contributed by atoms with Gasteiger partial charge in [-0.1, -0.05) is 36.4 Å². The molecule has 0 spiro atoms.